The number of carbonyl (C=O) groups is 1. The lowest BCUT2D eigenvalue weighted by atomic mass is 10.3. The summed E-state index contributed by atoms with van der Waals surface area (Å²) in [6.07, 6.45) is 3.24. The number of nitrogens with zero attached hydrogens (tertiary/aromatic N) is 3. The maximum Gasteiger partial charge on any atom is 0.155 e. The zero-order valence-electron chi connectivity index (χ0n) is 10.0. The van der Waals surface area contributed by atoms with Crippen molar-refractivity contribution in [2.75, 3.05) is 25.4 Å². The number of aldehydes is 1. The Labute approximate surface area is 96.2 Å². The standard InChI is InChI=1S/C11H20N4O/c1-3-14(4-2)6-5-7-15-11(12)10(9-16)8-13-15/h8-9H,3-7,12H2,1-2H3. The molecule has 0 radical (unpaired) electrons. The van der Waals surface area contributed by atoms with E-state index < -0.39 is 0 Å². The number of rotatable bonds is 7. The Bertz CT molecular complexity index is 331. The summed E-state index contributed by atoms with van der Waals surface area (Å²) >= 11 is 0. The molecule has 5 nitrogen and oxygen atoms in total. The second-order valence-corrected chi connectivity index (χ2v) is 3.71. The van der Waals surface area contributed by atoms with Crippen LogP contribution in [0.4, 0.5) is 5.82 Å². The number of carbonyl (C=O) groups excluding carboxylic acids is 1. The molecule has 0 fully saturated rings. The summed E-state index contributed by atoms with van der Waals surface area (Å²) < 4.78 is 1.69. The Kier molecular flexibility index (Phi) is 4.98. The molecule has 0 aliphatic heterocycles. The zero-order chi connectivity index (χ0) is 12.0. The Morgan fingerprint density at radius 3 is 2.69 bits per heavy atom. The van der Waals surface area contributed by atoms with Crippen LogP contribution < -0.4 is 5.73 Å². The fraction of sp³-hybridized carbons (Fsp3) is 0.636. The predicted octanol–water partition coefficient (Wildman–Crippen LogP) is 1.01. The highest BCUT2D eigenvalue weighted by Gasteiger charge is 2.06. The van der Waals surface area contributed by atoms with Crippen LogP contribution in [0.3, 0.4) is 0 Å². The third-order valence-electron chi connectivity index (χ3n) is 2.78. The van der Waals surface area contributed by atoms with Crippen molar-refractivity contribution in [3.8, 4) is 0 Å². The first-order chi connectivity index (χ1) is 7.72. The fourth-order valence-electron chi connectivity index (χ4n) is 1.66. The Morgan fingerprint density at radius 2 is 2.19 bits per heavy atom. The van der Waals surface area contributed by atoms with Gasteiger partial charge in [0.25, 0.3) is 0 Å². The van der Waals surface area contributed by atoms with E-state index in [4.69, 9.17) is 5.73 Å². The van der Waals surface area contributed by atoms with E-state index in [-0.39, 0.29) is 0 Å². The van der Waals surface area contributed by atoms with E-state index in [9.17, 15) is 4.79 Å². The van der Waals surface area contributed by atoms with Gasteiger partial charge in [-0.1, -0.05) is 13.8 Å². The van der Waals surface area contributed by atoms with Crippen molar-refractivity contribution in [2.24, 2.45) is 0 Å². The molecule has 1 heterocycles. The van der Waals surface area contributed by atoms with E-state index >= 15 is 0 Å². The maximum absolute atomic E-state index is 10.6. The van der Waals surface area contributed by atoms with Gasteiger partial charge in [0.05, 0.1) is 11.8 Å². The number of nitrogen functional groups attached to an aromatic ring is 1. The minimum atomic E-state index is 0.467. The molecule has 90 valence electrons. The van der Waals surface area contributed by atoms with Crippen LogP contribution in [0.2, 0.25) is 0 Å². The van der Waals surface area contributed by atoms with Gasteiger partial charge in [0.2, 0.25) is 0 Å². The number of aromatic nitrogens is 2. The van der Waals surface area contributed by atoms with Crippen LogP contribution in [-0.2, 0) is 6.54 Å². The Balaban J connectivity index is 2.42. The number of nitrogens with two attached hydrogens (primary N) is 1. The van der Waals surface area contributed by atoms with E-state index in [0.29, 0.717) is 11.4 Å². The fourth-order valence-corrected chi connectivity index (χ4v) is 1.66. The highest BCUT2D eigenvalue weighted by atomic mass is 16.1. The van der Waals surface area contributed by atoms with E-state index in [2.05, 4.69) is 23.8 Å². The van der Waals surface area contributed by atoms with Crippen LogP contribution >= 0.6 is 0 Å². The first-order valence-electron chi connectivity index (χ1n) is 5.71. The highest BCUT2D eigenvalue weighted by molar-refractivity contribution is 5.81. The average molecular weight is 224 g/mol. The summed E-state index contributed by atoms with van der Waals surface area (Å²) in [5.41, 5.74) is 6.23. The largest absolute Gasteiger partial charge is 0.383 e. The van der Waals surface area contributed by atoms with Crippen LogP contribution in [-0.4, -0.2) is 40.6 Å². The van der Waals surface area contributed by atoms with E-state index in [1.165, 1.54) is 6.20 Å². The molecule has 5 heteroatoms. The van der Waals surface area contributed by atoms with Crippen molar-refractivity contribution in [1.82, 2.24) is 14.7 Å². The van der Waals surface area contributed by atoms with Crippen molar-refractivity contribution < 1.29 is 4.79 Å². The molecule has 0 saturated heterocycles. The predicted molar refractivity (Wildman–Crippen MR) is 64.4 cm³/mol. The van der Waals surface area contributed by atoms with Gasteiger partial charge in [0.15, 0.2) is 6.29 Å². The Morgan fingerprint density at radius 1 is 1.50 bits per heavy atom. The lowest BCUT2D eigenvalue weighted by Crippen LogP contribution is -2.25. The molecule has 0 aliphatic rings. The molecule has 0 atom stereocenters. The third kappa shape index (κ3) is 3.06. The van der Waals surface area contributed by atoms with Crippen LogP contribution in [0.1, 0.15) is 30.6 Å². The van der Waals surface area contributed by atoms with Gasteiger partial charge in [0.1, 0.15) is 5.82 Å². The molecule has 1 rings (SSSR count). The number of anilines is 1. The van der Waals surface area contributed by atoms with Crippen LogP contribution in [0, 0.1) is 0 Å². The van der Waals surface area contributed by atoms with Crippen molar-refractivity contribution in [2.45, 2.75) is 26.8 Å². The summed E-state index contributed by atoms with van der Waals surface area (Å²) in [5.74, 6) is 0.467. The van der Waals surface area contributed by atoms with Gasteiger partial charge in [0, 0.05) is 6.54 Å². The minimum absolute atomic E-state index is 0.467. The topological polar surface area (TPSA) is 64.2 Å². The zero-order valence-corrected chi connectivity index (χ0v) is 10.0. The van der Waals surface area contributed by atoms with Gasteiger partial charge >= 0.3 is 0 Å². The average Bonchev–Trinajstić information content (AvgIpc) is 2.66. The van der Waals surface area contributed by atoms with Gasteiger partial charge in [-0.25, -0.2) is 4.68 Å². The summed E-state index contributed by atoms with van der Waals surface area (Å²) in [7, 11) is 0. The molecule has 2 N–H and O–H groups in total. The van der Waals surface area contributed by atoms with E-state index in [1.54, 1.807) is 4.68 Å². The van der Waals surface area contributed by atoms with Gasteiger partial charge < -0.3 is 10.6 Å². The summed E-state index contributed by atoms with van der Waals surface area (Å²) in [6.45, 7) is 8.21. The van der Waals surface area contributed by atoms with Gasteiger partial charge in [-0.3, -0.25) is 4.79 Å². The summed E-state index contributed by atoms with van der Waals surface area (Å²) in [6, 6.07) is 0. The molecule has 0 bridgehead atoms. The summed E-state index contributed by atoms with van der Waals surface area (Å²) in [5, 5.41) is 4.08. The smallest absolute Gasteiger partial charge is 0.155 e. The second-order valence-electron chi connectivity index (χ2n) is 3.71. The highest BCUT2D eigenvalue weighted by Crippen LogP contribution is 2.08. The maximum atomic E-state index is 10.6. The minimum Gasteiger partial charge on any atom is -0.383 e. The summed E-state index contributed by atoms with van der Waals surface area (Å²) in [4.78, 5) is 12.9. The van der Waals surface area contributed by atoms with Gasteiger partial charge in [-0.15, -0.1) is 0 Å². The molecular formula is C11H20N4O. The van der Waals surface area contributed by atoms with Gasteiger partial charge in [-0.05, 0) is 26.1 Å². The second kappa shape index (κ2) is 6.27. The number of hydrogen-bond donors (Lipinski definition) is 1. The molecule has 0 spiro atoms. The first-order valence-corrected chi connectivity index (χ1v) is 5.71. The Hall–Kier alpha value is -1.36. The first kappa shape index (κ1) is 12.7. The molecule has 1 aromatic heterocycles. The molecule has 1 aromatic rings. The van der Waals surface area contributed by atoms with Crippen molar-refractivity contribution in [3.05, 3.63) is 11.8 Å². The lowest BCUT2D eigenvalue weighted by molar-refractivity contribution is 0.112. The van der Waals surface area contributed by atoms with Crippen LogP contribution in [0.15, 0.2) is 6.20 Å². The molecule has 0 aromatic carbocycles. The molecule has 0 unspecified atom stereocenters. The molecule has 16 heavy (non-hydrogen) atoms. The normalized spacial score (nSPS) is 10.9. The van der Waals surface area contributed by atoms with Crippen LogP contribution in [0.25, 0.3) is 0 Å². The van der Waals surface area contributed by atoms with Crippen molar-refractivity contribution in [3.63, 3.8) is 0 Å². The number of hydrogen-bond acceptors (Lipinski definition) is 4. The number of aryl methyl sites for hydroxylation is 1. The molecule has 0 saturated carbocycles. The van der Waals surface area contributed by atoms with Gasteiger partial charge in [-0.2, -0.15) is 5.10 Å². The van der Waals surface area contributed by atoms with Crippen LogP contribution in [0.5, 0.6) is 0 Å². The third-order valence-corrected chi connectivity index (χ3v) is 2.78. The van der Waals surface area contributed by atoms with E-state index in [1.807, 2.05) is 0 Å². The SMILES string of the molecule is CCN(CC)CCCn1ncc(C=O)c1N. The van der Waals surface area contributed by atoms with Crippen molar-refractivity contribution >= 4 is 12.1 Å². The molecular weight excluding hydrogens is 204 g/mol. The molecule has 0 amide bonds. The van der Waals surface area contributed by atoms with Crippen molar-refractivity contribution in [1.29, 1.82) is 0 Å². The molecule has 0 aliphatic carbocycles. The quantitative estimate of drug-likeness (QED) is 0.702. The monoisotopic (exact) mass is 224 g/mol. The van der Waals surface area contributed by atoms with E-state index in [0.717, 1.165) is 38.9 Å². The lowest BCUT2D eigenvalue weighted by Gasteiger charge is -2.17.